The normalized spacial score (nSPS) is 24.4. The lowest BCUT2D eigenvalue weighted by atomic mass is 9.94. The Kier molecular flexibility index (Phi) is 3.79. The van der Waals surface area contributed by atoms with Gasteiger partial charge in [-0.3, -0.25) is 4.79 Å². The van der Waals surface area contributed by atoms with Crippen LogP contribution in [0, 0.1) is 12.8 Å². The minimum absolute atomic E-state index is 0.0450. The van der Waals surface area contributed by atoms with E-state index in [0.717, 1.165) is 30.6 Å². The van der Waals surface area contributed by atoms with Crippen molar-refractivity contribution in [1.29, 1.82) is 0 Å². The third-order valence-corrected chi connectivity index (χ3v) is 3.53. The van der Waals surface area contributed by atoms with Crippen molar-refractivity contribution in [3.8, 4) is 0 Å². The molecule has 1 amide bonds. The maximum absolute atomic E-state index is 12.1. The highest BCUT2D eigenvalue weighted by molar-refractivity contribution is 5.95. The summed E-state index contributed by atoms with van der Waals surface area (Å²) in [6, 6.07) is 7.96. The van der Waals surface area contributed by atoms with E-state index in [0.29, 0.717) is 5.92 Å². The van der Waals surface area contributed by atoms with Gasteiger partial charge in [0.25, 0.3) is 5.91 Å². The fourth-order valence-electron chi connectivity index (χ4n) is 2.26. The number of nitrogens with one attached hydrogen (secondary N) is 2. The molecule has 0 aromatic heterocycles. The number of piperidine rings is 1. The molecule has 0 unspecified atom stereocenters. The second kappa shape index (κ2) is 5.32. The number of aryl methyl sites for hydroxylation is 1. The number of carbonyl (C=O) groups is 1. The minimum Gasteiger partial charge on any atom is -0.348 e. The van der Waals surface area contributed by atoms with Gasteiger partial charge in [-0.05, 0) is 37.4 Å². The lowest BCUT2D eigenvalue weighted by Gasteiger charge is -2.30. The molecule has 1 aromatic rings. The summed E-state index contributed by atoms with van der Waals surface area (Å²) in [5, 5.41) is 6.45. The van der Waals surface area contributed by atoms with Gasteiger partial charge in [0.05, 0.1) is 0 Å². The van der Waals surface area contributed by atoms with E-state index in [4.69, 9.17) is 0 Å². The predicted octanol–water partition coefficient (Wildman–Crippen LogP) is 1.72. The summed E-state index contributed by atoms with van der Waals surface area (Å²) in [6.07, 6.45) is 1.12. The Morgan fingerprint density at radius 2 is 2.18 bits per heavy atom. The number of hydrogen-bond acceptors (Lipinski definition) is 2. The van der Waals surface area contributed by atoms with Crippen LogP contribution in [0.5, 0.6) is 0 Å². The van der Waals surface area contributed by atoms with Crippen LogP contribution in [0.1, 0.15) is 29.3 Å². The summed E-state index contributed by atoms with van der Waals surface area (Å²) < 4.78 is 0. The SMILES string of the molecule is Cc1ccccc1C(=O)N[C@@H]1CNCC[C@@H]1C. The molecular formula is C14H20N2O. The first-order chi connectivity index (χ1) is 8.18. The molecule has 0 bridgehead atoms. The van der Waals surface area contributed by atoms with Crippen LogP contribution < -0.4 is 10.6 Å². The van der Waals surface area contributed by atoms with Gasteiger partial charge in [0.15, 0.2) is 0 Å². The van der Waals surface area contributed by atoms with Crippen LogP contribution in [0.25, 0.3) is 0 Å². The molecule has 1 saturated heterocycles. The standard InChI is InChI=1S/C14H20N2O/c1-10-5-3-4-6-12(10)14(17)16-13-9-15-8-7-11(13)2/h3-6,11,13,15H,7-9H2,1-2H3,(H,16,17)/t11-,13+/m0/s1. The van der Waals surface area contributed by atoms with Crippen molar-refractivity contribution >= 4 is 5.91 Å². The summed E-state index contributed by atoms with van der Waals surface area (Å²) in [6.45, 7) is 6.10. The minimum atomic E-state index is 0.0450. The zero-order valence-corrected chi connectivity index (χ0v) is 10.5. The Morgan fingerprint density at radius 1 is 1.41 bits per heavy atom. The van der Waals surface area contributed by atoms with Crippen LogP contribution in [0.4, 0.5) is 0 Å². The van der Waals surface area contributed by atoms with E-state index in [1.165, 1.54) is 0 Å². The molecule has 1 aliphatic rings. The van der Waals surface area contributed by atoms with E-state index in [9.17, 15) is 4.79 Å². The lowest BCUT2D eigenvalue weighted by Crippen LogP contribution is -2.50. The average molecular weight is 232 g/mol. The molecule has 0 spiro atoms. The lowest BCUT2D eigenvalue weighted by molar-refractivity contribution is 0.0914. The van der Waals surface area contributed by atoms with Crippen LogP contribution in [0.15, 0.2) is 24.3 Å². The number of rotatable bonds is 2. The summed E-state index contributed by atoms with van der Waals surface area (Å²) in [5.74, 6) is 0.591. The Hall–Kier alpha value is -1.35. The number of benzene rings is 1. The molecule has 92 valence electrons. The van der Waals surface area contributed by atoms with Gasteiger partial charge in [0, 0.05) is 18.2 Å². The Bertz CT molecular complexity index is 403. The van der Waals surface area contributed by atoms with E-state index in [1.807, 2.05) is 31.2 Å². The van der Waals surface area contributed by atoms with Gasteiger partial charge in [-0.25, -0.2) is 0 Å². The summed E-state index contributed by atoms with van der Waals surface area (Å²) in [4.78, 5) is 12.1. The van der Waals surface area contributed by atoms with Gasteiger partial charge in [0.2, 0.25) is 0 Å². The third kappa shape index (κ3) is 2.86. The average Bonchev–Trinajstić information content (AvgIpc) is 2.32. The largest absolute Gasteiger partial charge is 0.348 e. The summed E-state index contributed by atoms with van der Waals surface area (Å²) in [5.41, 5.74) is 1.81. The highest BCUT2D eigenvalue weighted by Gasteiger charge is 2.23. The molecule has 1 aliphatic heterocycles. The molecule has 17 heavy (non-hydrogen) atoms. The first-order valence-electron chi connectivity index (χ1n) is 6.25. The van der Waals surface area contributed by atoms with Gasteiger partial charge >= 0.3 is 0 Å². The maximum atomic E-state index is 12.1. The zero-order chi connectivity index (χ0) is 12.3. The van der Waals surface area contributed by atoms with Gasteiger partial charge < -0.3 is 10.6 Å². The monoisotopic (exact) mass is 232 g/mol. The van der Waals surface area contributed by atoms with Crippen molar-refractivity contribution in [1.82, 2.24) is 10.6 Å². The number of carbonyl (C=O) groups excluding carboxylic acids is 1. The van der Waals surface area contributed by atoms with Crippen molar-refractivity contribution < 1.29 is 4.79 Å². The Balaban J connectivity index is 2.04. The van der Waals surface area contributed by atoms with Crippen molar-refractivity contribution in [2.45, 2.75) is 26.3 Å². The van der Waals surface area contributed by atoms with Crippen molar-refractivity contribution in [3.63, 3.8) is 0 Å². The van der Waals surface area contributed by atoms with Crippen LogP contribution in [0.3, 0.4) is 0 Å². The molecule has 2 N–H and O–H groups in total. The van der Waals surface area contributed by atoms with Crippen molar-refractivity contribution in [2.75, 3.05) is 13.1 Å². The molecule has 3 nitrogen and oxygen atoms in total. The van der Waals surface area contributed by atoms with Gasteiger partial charge in [-0.1, -0.05) is 25.1 Å². The smallest absolute Gasteiger partial charge is 0.251 e. The molecule has 2 rings (SSSR count). The van der Waals surface area contributed by atoms with Crippen LogP contribution in [-0.4, -0.2) is 25.0 Å². The molecule has 0 aliphatic carbocycles. The first-order valence-corrected chi connectivity index (χ1v) is 6.25. The van der Waals surface area contributed by atoms with E-state index < -0.39 is 0 Å². The number of hydrogen-bond donors (Lipinski definition) is 2. The molecule has 2 atom stereocenters. The quantitative estimate of drug-likeness (QED) is 0.815. The maximum Gasteiger partial charge on any atom is 0.251 e. The second-order valence-electron chi connectivity index (χ2n) is 4.86. The fraction of sp³-hybridized carbons (Fsp3) is 0.500. The van der Waals surface area contributed by atoms with Crippen molar-refractivity contribution in [3.05, 3.63) is 35.4 Å². The Morgan fingerprint density at radius 3 is 2.88 bits per heavy atom. The van der Waals surface area contributed by atoms with Crippen molar-refractivity contribution in [2.24, 2.45) is 5.92 Å². The van der Waals surface area contributed by atoms with Gasteiger partial charge in [0.1, 0.15) is 0 Å². The molecule has 0 saturated carbocycles. The third-order valence-electron chi connectivity index (χ3n) is 3.53. The van der Waals surface area contributed by atoms with E-state index in [1.54, 1.807) is 0 Å². The molecule has 1 heterocycles. The second-order valence-corrected chi connectivity index (χ2v) is 4.86. The molecule has 0 radical (unpaired) electrons. The molecule has 1 aromatic carbocycles. The Labute approximate surface area is 103 Å². The van der Waals surface area contributed by atoms with E-state index in [2.05, 4.69) is 17.6 Å². The summed E-state index contributed by atoms with van der Waals surface area (Å²) >= 11 is 0. The fourth-order valence-corrected chi connectivity index (χ4v) is 2.26. The molecule has 3 heteroatoms. The topological polar surface area (TPSA) is 41.1 Å². The highest BCUT2D eigenvalue weighted by atomic mass is 16.1. The highest BCUT2D eigenvalue weighted by Crippen LogP contribution is 2.13. The van der Waals surface area contributed by atoms with Crippen LogP contribution >= 0.6 is 0 Å². The van der Waals surface area contributed by atoms with E-state index >= 15 is 0 Å². The van der Waals surface area contributed by atoms with Crippen LogP contribution in [0.2, 0.25) is 0 Å². The zero-order valence-electron chi connectivity index (χ0n) is 10.5. The molecular weight excluding hydrogens is 212 g/mol. The molecule has 1 fully saturated rings. The number of amides is 1. The predicted molar refractivity (Wildman–Crippen MR) is 69.1 cm³/mol. The van der Waals surface area contributed by atoms with Gasteiger partial charge in [-0.15, -0.1) is 0 Å². The van der Waals surface area contributed by atoms with E-state index in [-0.39, 0.29) is 11.9 Å². The summed E-state index contributed by atoms with van der Waals surface area (Å²) in [7, 11) is 0. The van der Waals surface area contributed by atoms with Crippen LogP contribution in [-0.2, 0) is 0 Å². The van der Waals surface area contributed by atoms with Gasteiger partial charge in [-0.2, -0.15) is 0 Å². The first kappa shape index (κ1) is 12.1.